The number of hydrazine groups is 1. The first-order valence-corrected chi connectivity index (χ1v) is 3.24. The topological polar surface area (TPSA) is 105 Å². The Bertz CT molecular complexity index is 221. The van der Waals surface area contributed by atoms with Gasteiger partial charge in [0.25, 0.3) is 5.91 Å². The first kappa shape index (κ1) is 10.4. The number of rotatable bonds is 3. The van der Waals surface area contributed by atoms with Crippen molar-refractivity contribution < 1.29 is 14.3 Å². The molecule has 12 heavy (non-hydrogen) atoms. The van der Waals surface area contributed by atoms with Crippen LogP contribution in [0.15, 0.2) is 0 Å². The van der Waals surface area contributed by atoms with Crippen LogP contribution in [0.25, 0.3) is 0 Å². The number of hydrogen-bond donors (Lipinski definition) is 2. The van der Waals surface area contributed by atoms with E-state index in [-0.39, 0.29) is 6.61 Å². The van der Waals surface area contributed by atoms with Crippen LogP contribution in [0.3, 0.4) is 0 Å². The average Bonchev–Trinajstić information content (AvgIpc) is 2.06. The van der Waals surface area contributed by atoms with Crippen LogP contribution in [0.2, 0.25) is 0 Å². The zero-order valence-electron chi connectivity index (χ0n) is 6.53. The number of nitrogens with zero attached hydrogens (tertiary/aromatic N) is 1. The lowest BCUT2D eigenvalue weighted by atomic mass is 10.1. The summed E-state index contributed by atoms with van der Waals surface area (Å²) in [5.74, 6) is 1.50. The molecule has 0 fully saturated rings. The fourth-order valence-electron chi connectivity index (χ4n) is 0.527. The first-order chi connectivity index (χ1) is 5.67. The smallest absolute Gasteiger partial charge is 0.333 e. The van der Waals surface area contributed by atoms with Gasteiger partial charge in [-0.05, 0) is 6.92 Å². The summed E-state index contributed by atoms with van der Waals surface area (Å²) in [7, 11) is 0. The van der Waals surface area contributed by atoms with Crippen molar-refractivity contribution in [2.45, 2.75) is 6.92 Å². The van der Waals surface area contributed by atoms with Crippen LogP contribution in [0.5, 0.6) is 0 Å². The molecule has 0 radical (unpaired) electrons. The van der Waals surface area contributed by atoms with Gasteiger partial charge in [0.05, 0.1) is 12.7 Å². The van der Waals surface area contributed by atoms with Gasteiger partial charge in [-0.25, -0.2) is 5.84 Å². The van der Waals surface area contributed by atoms with Crippen LogP contribution in [0.1, 0.15) is 6.92 Å². The van der Waals surface area contributed by atoms with Gasteiger partial charge in [-0.15, -0.1) is 0 Å². The van der Waals surface area contributed by atoms with E-state index >= 15 is 0 Å². The molecule has 3 N–H and O–H groups in total. The third-order valence-electron chi connectivity index (χ3n) is 1.06. The van der Waals surface area contributed by atoms with Gasteiger partial charge >= 0.3 is 5.97 Å². The summed E-state index contributed by atoms with van der Waals surface area (Å²) in [4.78, 5) is 21.5. The number of ether oxygens (including phenoxy) is 1. The van der Waals surface area contributed by atoms with Gasteiger partial charge in [-0.3, -0.25) is 15.0 Å². The second kappa shape index (κ2) is 5.09. The van der Waals surface area contributed by atoms with E-state index in [1.165, 1.54) is 6.07 Å². The zero-order chi connectivity index (χ0) is 9.56. The molecule has 1 atom stereocenters. The van der Waals surface area contributed by atoms with E-state index in [1.54, 1.807) is 12.3 Å². The molecule has 66 valence electrons. The van der Waals surface area contributed by atoms with Crippen molar-refractivity contribution in [2.24, 2.45) is 11.8 Å². The fourth-order valence-corrected chi connectivity index (χ4v) is 0.527. The Morgan fingerprint density at radius 2 is 2.33 bits per heavy atom. The molecule has 0 bridgehead atoms. The normalized spacial score (nSPS) is 11.1. The number of carbonyl (C=O) groups excluding carboxylic acids is 2. The van der Waals surface area contributed by atoms with Gasteiger partial charge in [0.2, 0.25) is 5.92 Å². The predicted octanol–water partition coefficient (Wildman–Crippen LogP) is -1.32. The Labute approximate surface area is 69.3 Å². The Morgan fingerprint density at radius 1 is 1.75 bits per heavy atom. The molecule has 0 heterocycles. The summed E-state index contributed by atoms with van der Waals surface area (Å²) in [6.45, 7) is 1.70. The van der Waals surface area contributed by atoms with E-state index in [1.807, 2.05) is 0 Å². The molecule has 0 aromatic carbocycles. The lowest BCUT2D eigenvalue weighted by Gasteiger charge is -2.05. The molecular formula is C6H9N3O3. The van der Waals surface area contributed by atoms with E-state index < -0.39 is 17.8 Å². The maximum atomic E-state index is 10.8. The number of carbonyl (C=O) groups is 2. The highest BCUT2D eigenvalue weighted by molar-refractivity contribution is 6.00. The Balaban J connectivity index is 4.27. The van der Waals surface area contributed by atoms with Crippen molar-refractivity contribution in [1.82, 2.24) is 5.43 Å². The maximum absolute atomic E-state index is 10.8. The second-order valence-corrected chi connectivity index (χ2v) is 1.82. The van der Waals surface area contributed by atoms with Crippen LogP contribution >= 0.6 is 0 Å². The summed E-state index contributed by atoms with van der Waals surface area (Å²) in [6.07, 6.45) is 0. The van der Waals surface area contributed by atoms with E-state index in [0.29, 0.717) is 0 Å². The van der Waals surface area contributed by atoms with Crippen molar-refractivity contribution in [3.63, 3.8) is 0 Å². The van der Waals surface area contributed by atoms with E-state index in [4.69, 9.17) is 11.1 Å². The molecule has 1 unspecified atom stereocenters. The van der Waals surface area contributed by atoms with Crippen molar-refractivity contribution in [3.8, 4) is 6.07 Å². The minimum Gasteiger partial charge on any atom is -0.465 e. The molecular weight excluding hydrogens is 162 g/mol. The van der Waals surface area contributed by atoms with Crippen molar-refractivity contribution >= 4 is 11.9 Å². The van der Waals surface area contributed by atoms with Gasteiger partial charge in [-0.2, -0.15) is 5.26 Å². The summed E-state index contributed by atoms with van der Waals surface area (Å²) in [5, 5.41) is 8.36. The van der Waals surface area contributed by atoms with Gasteiger partial charge in [0.1, 0.15) is 0 Å². The highest BCUT2D eigenvalue weighted by Crippen LogP contribution is 1.97. The summed E-state index contributed by atoms with van der Waals surface area (Å²) >= 11 is 0. The lowest BCUT2D eigenvalue weighted by Crippen LogP contribution is -2.39. The SMILES string of the molecule is CCOC(=O)C(C#N)C(=O)NN. The molecule has 0 aliphatic carbocycles. The molecule has 0 aliphatic rings. The van der Waals surface area contributed by atoms with Crippen LogP contribution in [-0.2, 0) is 14.3 Å². The number of amides is 1. The number of hydrogen-bond acceptors (Lipinski definition) is 5. The minimum absolute atomic E-state index is 0.120. The number of nitrogens with two attached hydrogens (primary N) is 1. The molecule has 0 saturated heterocycles. The molecule has 0 saturated carbocycles. The quantitative estimate of drug-likeness (QED) is 0.180. The highest BCUT2D eigenvalue weighted by atomic mass is 16.5. The first-order valence-electron chi connectivity index (χ1n) is 3.24. The molecule has 0 rings (SSSR count). The standard InChI is InChI=1S/C6H9N3O3/c1-2-12-6(11)4(3-7)5(10)9-8/h4H,2,8H2,1H3,(H,9,10). The second-order valence-electron chi connectivity index (χ2n) is 1.82. The van der Waals surface area contributed by atoms with E-state index in [9.17, 15) is 9.59 Å². The summed E-state index contributed by atoms with van der Waals surface area (Å²) in [6, 6.07) is 1.47. The highest BCUT2D eigenvalue weighted by Gasteiger charge is 2.26. The maximum Gasteiger partial charge on any atom is 0.333 e. The number of nitrogens with one attached hydrogen (secondary N) is 1. The van der Waals surface area contributed by atoms with Crippen molar-refractivity contribution in [3.05, 3.63) is 0 Å². The zero-order valence-corrected chi connectivity index (χ0v) is 6.53. The summed E-state index contributed by atoms with van der Waals surface area (Å²) < 4.78 is 4.44. The van der Waals surface area contributed by atoms with Crippen molar-refractivity contribution in [2.75, 3.05) is 6.61 Å². The van der Waals surface area contributed by atoms with Gasteiger partial charge in [0.15, 0.2) is 0 Å². The van der Waals surface area contributed by atoms with E-state index in [2.05, 4.69) is 4.74 Å². The Hall–Kier alpha value is -1.61. The number of nitriles is 1. The fraction of sp³-hybridized carbons (Fsp3) is 0.500. The average molecular weight is 171 g/mol. The Kier molecular flexibility index (Phi) is 4.41. The Morgan fingerprint density at radius 3 is 2.67 bits per heavy atom. The third-order valence-corrected chi connectivity index (χ3v) is 1.06. The molecule has 6 nitrogen and oxygen atoms in total. The molecule has 0 spiro atoms. The minimum atomic E-state index is -1.48. The third kappa shape index (κ3) is 2.56. The monoisotopic (exact) mass is 171 g/mol. The molecule has 0 aromatic heterocycles. The predicted molar refractivity (Wildman–Crippen MR) is 38.1 cm³/mol. The number of esters is 1. The van der Waals surface area contributed by atoms with Gasteiger partial charge in [0, 0.05) is 0 Å². The molecule has 0 aliphatic heterocycles. The van der Waals surface area contributed by atoms with Crippen LogP contribution < -0.4 is 11.3 Å². The van der Waals surface area contributed by atoms with Gasteiger partial charge < -0.3 is 4.74 Å². The lowest BCUT2D eigenvalue weighted by molar-refractivity contribution is -0.149. The molecule has 0 aromatic rings. The van der Waals surface area contributed by atoms with E-state index in [0.717, 1.165) is 0 Å². The van der Waals surface area contributed by atoms with Crippen molar-refractivity contribution in [1.29, 1.82) is 5.26 Å². The van der Waals surface area contributed by atoms with Crippen LogP contribution in [-0.4, -0.2) is 18.5 Å². The molecule has 6 heteroatoms. The molecule has 1 amide bonds. The summed E-state index contributed by atoms with van der Waals surface area (Å²) in [5.41, 5.74) is 1.69. The van der Waals surface area contributed by atoms with Crippen LogP contribution in [0.4, 0.5) is 0 Å². The van der Waals surface area contributed by atoms with Gasteiger partial charge in [-0.1, -0.05) is 0 Å². The largest absolute Gasteiger partial charge is 0.465 e. The van der Waals surface area contributed by atoms with Crippen LogP contribution in [0, 0.1) is 17.2 Å².